The van der Waals surface area contributed by atoms with Crippen molar-refractivity contribution in [3.63, 3.8) is 0 Å². The lowest BCUT2D eigenvalue weighted by Gasteiger charge is -2.33. The monoisotopic (exact) mass is 331 g/mol. The van der Waals surface area contributed by atoms with Crippen LogP contribution in [-0.4, -0.2) is 47.1 Å². The molecule has 0 spiro atoms. The van der Waals surface area contributed by atoms with Crippen LogP contribution in [0.15, 0.2) is 24.3 Å². The number of benzene rings is 1. The Hall–Kier alpha value is -1.92. The first-order valence-electron chi connectivity index (χ1n) is 8.62. The number of aliphatic hydroxyl groups excluding tert-OH is 1. The third-order valence-corrected chi connectivity index (χ3v) is 4.89. The minimum Gasteiger partial charge on any atom is -0.383 e. The zero-order valence-corrected chi connectivity index (χ0v) is 13.8. The molecule has 2 aliphatic rings. The number of amides is 2. The Morgan fingerprint density at radius 3 is 2.58 bits per heavy atom. The van der Waals surface area contributed by atoms with Gasteiger partial charge in [0.15, 0.2) is 0 Å². The summed E-state index contributed by atoms with van der Waals surface area (Å²) in [5.74, 6) is -0.609. The number of primary amides is 1. The molecule has 2 amide bonds. The Morgan fingerprint density at radius 2 is 1.96 bits per heavy atom. The Labute approximate surface area is 142 Å². The van der Waals surface area contributed by atoms with Crippen molar-refractivity contribution in [1.29, 1.82) is 0 Å². The predicted molar refractivity (Wildman–Crippen MR) is 90.1 cm³/mol. The highest BCUT2D eigenvalue weighted by molar-refractivity contribution is 5.92. The van der Waals surface area contributed by atoms with Crippen molar-refractivity contribution >= 4 is 11.8 Å². The maximum Gasteiger partial charge on any atom is 0.249 e. The second-order valence-corrected chi connectivity index (χ2v) is 6.91. The van der Waals surface area contributed by atoms with Gasteiger partial charge >= 0.3 is 0 Å². The smallest absolute Gasteiger partial charge is 0.249 e. The number of nitrogens with two attached hydrogens (primary N) is 1. The van der Waals surface area contributed by atoms with Gasteiger partial charge < -0.3 is 16.2 Å². The van der Waals surface area contributed by atoms with Gasteiger partial charge in [-0.15, -0.1) is 0 Å². The maximum atomic E-state index is 11.9. The van der Waals surface area contributed by atoms with Crippen LogP contribution in [0.3, 0.4) is 0 Å². The van der Waals surface area contributed by atoms with Crippen LogP contribution in [0.2, 0.25) is 0 Å². The second kappa shape index (κ2) is 7.32. The molecule has 4 N–H and O–H groups in total. The molecule has 0 unspecified atom stereocenters. The van der Waals surface area contributed by atoms with Crippen molar-refractivity contribution in [2.24, 2.45) is 11.7 Å². The van der Waals surface area contributed by atoms with E-state index in [0.717, 1.165) is 50.9 Å². The number of nitrogens with one attached hydrogen (secondary N) is 1. The molecule has 1 aromatic carbocycles. The standard InChI is InChI=1S/C18H25N3O3/c19-17(23)14-3-1-2-12(10-14)11-21-8-6-13(7-9-21)16(22)18(24)20-15-4-5-15/h1-3,10,13,15-16,22H,4-9,11H2,(H2,19,23)(H,20,24)/t16-/m0/s1. The largest absolute Gasteiger partial charge is 0.383 e. The lowest BCUT2D eigenvalue weighted by atomic mass is 9.90. The van der Waals surface area contributed by atoms with Crippen molar-refractivity contribution in [3.05, 3.63) is 35.4 Å². The highest BCUT2D eigenvalue weighted by atomic mass is 16.3. The summed E-state index contributed by atoms with van der Waals surface area (Å²) in [5, 5.41) is 13.1. The SMILES string of the molecule is NC(=O)c1cccc(CN2CCC([C@H](O)C(=O)NC3CC3)CC2)c1. The van der Waals surface area contributed by atoms with Gasteiger partial charge in [-0.3, -0.25) is 14.5 Å². The second-order valence-electron chi connectivity index (χ2n) is 6.91. The van der Waals surface area contributed by atoms with Crippen LogP contribution in [0.4, 0.5) is 0 Å². The number of carbonyl (C=O) groups is 2. The van der Waals surface area contributed by atoms with E-state index in [4.69, 9.17) is 5.73 Å². The Kier molecular flexibility index (Phi) is 5.16. The molecule has 6 heteroatoms. The first-order chi connectivity index (χ1) is 11.5. The highest BCUT2D eigenvalue weighted by Crippen LogP contribution is 2.24. The van der Waals surface area contributed by atoms with E-state index in [1.807, 2.05) is 18.2 Å². The van der Waals surface area contributed by atoms with E-state index >= 15 is 0 Å². The number of hydrogen-bond acceptors (Lipinski definition) is 4. The van der Waals surface area contributed by atoms with Crippen molar-refractivity contribution in [3.8, 4) is 0 Å². The van der Waals surface area contributed by atoms with Crippen LogP contribution < -0.4 is 11.1 Å². The van der Waals surface area contributed by atoms with Gasteiger partial charge in [-0.25, -0.2) is 0 Å². The van der Waals surface area contributed by atoms with Crippen LogP contribution in [0.5, 0.6) is 0 Å². The first-order valence-corrected chi connectivity index (χ1v) is 8.62. The molecule has 130 valence electrons. The summed E-state index contributed by atoms with van der Waals surface area (Å²) < 4.78 is 0. The van der Waals surface area contributed by atoms with Gasteiger partial charge in [-0.1, -0.05) is 12.1 Å². The van der Waals surface area contributed by atoms with Gasteiger partial charge in [0.05, 0.1) is 0 Å². The van der Waals surface area contributed by atoms with Gasteiger partial charge in [-0.2, -0.15) is 0 Å². The van der Waals surface area contributed by atoms with Gasteiger partial charge in [0.2, 0.25) is 11.8 Å². The topological polar surface area (TPSA) is 95.7 Å². The molecule has 1 saturated heterocycles. The highest BCUT2D eigenvalue weighted by Gasteiger charge is 2.32. The molecule has 1 aliphatic carbocycles. The molecule has 1 saturated carbocycles. The molecule has 1 atom stereocenters. The molecule has 6 nitrogen and oxygen atoms in total. The number of piperidine rings is 1. The summed E-state index contributed by atoms with van der Waals surface area (Å²) in [6.07, 6.45) is 2.76. The van der Waals surface area contributed by atoms with E-state index < -0.39 is 12.0 Å². The molecular formula is C18H25N3O3. The van der Waals surface area contributed by atoms with E-state index in [2.05, 4.69) is 10.2 Å². The molecule has 3 rings (SSSR count). The van der Waals surface area contributed by atoms with Gasteiger partial charge in [0.1, 0.15) is 6.10 Å². The van der Waals surface area contributed by atoms with Crippen molar-refractivity contribution in [2.45, 2.75) is 44.4 Å². The third-order valence-electron chi connectivity index (χ3n) is 4.89. The lowest BCUT2D eigenvalue weighted by Crippen LogP contribution is -2.44. The number of aliphatic hydroxyl groups is 1. The lowest BCUT2D eigenvalue weighted by molar-refractivity contribution is -0.133. The van der Waals surface area contributed by atoms with Crippen LogP contribution in [0.25, 0.3) is 0 Å². The van der Waals surface area contributed by atoms with E-state index in [9.17, 15) is 14.7 Å². The molecule has 1 aliphatic heterocycles. The molecule has 24 heavy (non-hydrogen) atoms. The zero-order valence-electron chi connectivity index (χ0n) is 13.8. The number of likely N-dealkylation sites (tertiary alicyclic amines) is 1. The minimum atomic E-state index is -0.897. The summed E-state index contributed by atoms with van der Waals surface area (Å²) in [4.78, 5) is 25.5. The zero-order chi connectivity index (χ0) is 17.1. The fourth-order valence-corrected chi connectivity index (χ4v) is 3.24. The van der Waals surface area contributed by atoms with Gasteiger partial charge in [0, 0.05) is 18.2 Å². The number of carbonyl (C=O) groups excluding carboxylic acids is 2. The summed E-state index contributed by atoms with van der Waals surface area (Å²) in [6.45, 7) is 2.41. The van der Waals surface area contributed by atoms with Gasteiger partial charge in [0.25, 0.3) is 0 Å². The number of rotatable bonds is 6. The fraction of sp³-hybridized carbons (Fsp3) is 0.556. The van der Waals surface area contributed by atoms with Crippen molar-refractivity contribution in [1.82, 2.24) is 10.2 Å². The molecule has 1 heterocycles. The van der Waals surface area contributed by atoms with E-state index in [1.165, 1.54) is 0 Å². The Morgan fingerprint density at radius 1 is 1.25 bits per heavy atom. The van der Waals surface area contributed by atoms with Crippen molar-refractivity contribution in [2.75, 3.05) is 13.1 Å². The van der Waals surface area contributed by atoms with Crippen LogP contribution in [-0.2, 0) is 11.3 Å². The number of nitrogens with zero attached hydrogens (tertiary/aromatic N) is 1. The van der Waals surface area contributed by atoms with Crippen LogP contribution >= 0.6 is 0 Å². The maximum absolute atomic E-state index is 11.9. The van der Waals surface area contributed by atoms with Gasteiger partial charge in [-0.05, 0) is 62.4 Å². The van der Waals surface area contributed by atoms with E-state index in [0.29, 0.717) is 5.56 Å². The predicted octanol–water partition coefficient (Wildman–Crippen LogP) is 0.637. The summed E-state index contributed by atoms with van der Waals surface area (Å²) in [7, 11) is 0. The van der Waals surface area contributed by atoms with Crippen LogP contribution in [0.1, 0.15) is 41.6 Å². The Bertz CT molecular complexity index is 607. The first kappa shape index (κ1) is 16.9. The van der Waals surface area contributed by atoms with Crippen LogP contribution in [0, 0.1) is 5.92 Å². The molecule has 1 aromatic rings. The summed E-state index contributed by atoms with van der Waals surface area (Å²) >= 11 is 0. The average molecular weight is 331 g/mol. The normalized spacial score (nSPS) is 20.5. The summed E-state index contributed by atoms with van der Waals surface area (Å²) in [5.41, 5.74) is 6.89. The Balaban J connectivity index is 1.48. The van der Waals surface area contributed by atoms with E-state index in [-0.39, 0.29) is 17.9 Å². The summed E-state index contributed by atoms with van der Waals surface area (Å²) in [6, 6.07) is 7.65. The molecule has 0 bridgehead atoms. The molecular weight excluding hydrogens is 306 g/mol. The molecule has 2 fully saturated rings. The molecule has 0 aromatic heterocycles. The van der Waals surface area contributed by atoms with E-state index in [1.54, 1.807) is 6.07 Å². The molecule has 0 radical (unpaired) electrons. The fourth-order valence-electron chi connectivity index (χ4n) is 3.24. The number of hydrogen-bond donors (Lipinski definition) is 3. The average Bonchev–Trinajstić information content (AvgIpc) is 3.39. The quantitative estimate of drug-likeness (QED) is 0.713. The van der Waals surface area contributed by atoms with Crippen molar-refractivity contribution < 1.29 is 14.7 Å². The minimum absolute atomic E-state index is 0.0250. The third kappa shape index (κ3) is 4.33.